The zero-order valence-corrected chi connectivity index (χ0v) is 17.0. The highest BCUT2D eigenvalue weighted by molar-refractivity contribution is 5.91. The Labute approximate surface area is 169 Å². The third-order valence-corrected chi connectivity index (χ3v) is 5.36. The van der Waals surface area contributed by atoms with Crippen LogP contribution in [-0.2, 0) is 0 Å². The van der Waals surface area contributed by atoms with E-state index >= 15 is 0 Å². The van der Waals surface area contributed by atoms with E-state index in [0.717, 1.165) is 42.0 Å². The van der Waals surface area contributed by atoms with Gasteiger partial charge in [0.25, 0.3) is 5.56 Å². The minimum absolute atomic E-state index is 0.129. The van der Waals surface area contributed by atoms with Crippen molar-refractivity contribution in [2.24, 2.45) is 0 Å². The summed E-state index contributed by atoms with van der Waals surface area (Å²) < 4.78 is 1.48. The Hall–Kier alpha value is -2.90. The number of likely N-dealkylation sites (N-methyl/N-ethyl adjacent to an activating group) is 1. The molecule has 0 fully saturated rings. The number of nitrogens with zero attached hydrogens (tertiary/aromatic N) is 5. The molecule has 0 bridgehead atoms. The van der Waals surface area contributed by atoms with Crippen LogP contribution in [0.4, 0.5) is 0 Å². The lowest BCUT2D eigenvalue weighted by molar-refractivity contribution is 0.236. The minimum atomic E-state index is -0.347. The largest absolute Gasteiger partial charge is 0.394 e. The SMILES string of the molecule is Cc1ccc(-c2cc3c(=O)n([C@@H](C)CO)cnc3c(C3=CCCN(C)C3)n2)cn1. The number of rotatable bonds is 4. The number of aliphatic hydroxyl groups excluding tert-OH is 1. The van der Waals surface area contributed by atoms with Crippen LogP contribution in [0.3, 0.4) is 0 Å². The normalized spacial score (nSPS) is 16.1. The predicted octanol–water partition coefficient (Wildman–Crippen LogP) is 2.43. The maximum absolute atomic E-state index is 13.2. The van der Waals surface area contributed by atoms with Gasteiger partial charge in [0, 0.05) is 30.5 Å². The van der Waals surface area contributed by atoms with Gasteiger partial charge in [-0.3, -0.25) is 14.3 Å². The molecule has 3 aromatic rings. The minimum Gasteiger partial charge on any atom is -0.394 e. The first-order valence-electron chi connectivity index (χ1n) is 9.81. The Morgan fingerprint density at radius 3 is 2.79 bits per heavy atom. The van der Waals surface area contributed by atoms with Crippen molar-refractivity contribution in [3.8, 4) is 11.3 Å². The van der Waals surface area contributed by atoms with E-state index in [1.54, 1.807) is 19.2 Å². The van der Waals surface area contributed by atoms with Gasteiger partial charge in [-0.2, -0.15) is 0 Å². The van der Waals surface area contributed by atoms with Crippen LogP contribution in [0.25, 0.3) is 27.7 Å². The number of hydrogen-bond acceptors (Lipinski definition) is 6. The lowest BCUT2D eigenvalue weighted by atomic mass is 10.0. The van der Waals surface area contributed by atoms with Crippen molar-refractivity contribution in [2.45, 2.75) is 26.3 Å². The summed E-state index contributed by atoms with van der Waals surface area (Å²) in [5.41, 5.74) is 4.72. The van der Waals surface area contributed by atoms with E-state index in [0.29, 0.717) is 16.6 Å². The van der Waals surface area contributed by atoms with Crippen molar-refractivity contribution in [1.82, 2.24) is 24.4 Å². The molecule has 0 saturated heterocycles. The van der Waals surface area contributed by atoms with Crippen molar-refractivity contribution in [2.75, 3.05) is 26.7 Å². The fraction of sp³-hybridized carbons (Fsp3) is 0.364. The van der Waals surface area contributed by atoms with Gasteiger partial charge in [-0.15, -0.1) is 0 Å². The van der Waals surface area contributed by atoms with Crippen molar-refractivity contribution < 1.29 is 5.11 Å². The van der Waals surface area contributed by atoms with Crippen molar-refractivity contribution >= 4 is 16.5 Å². The van der Waals surface area contributed by atoms with Gasteiger partial charge in [0.1, 0.15) is 5.52 Å². The Morgan fingerprint density at radius 2 is 2.10 bits per heavy atom. The van der Waals surface area contributed by atoms with E-state index in [2.05, 4.69) is 28.0 Å². The summed E-state index contributed by atoms with van der Waals surface area (Å²) >= 11 is 0. The molecule has 29 heavy (non-hydrogen) atoms. The molecule has 1 aliphatic heterocycles. The highest BCUT2D eigenvalue weighted by Gasteiger charge is 2.20. The molecular formula is C22H25N5O2. The fourth-order valence-electron chi connectivity index (χ4n) is 3.60. The molecule has 7 nitrogen and oxygen atoms in total. The van der Waals surface area contributed by atoms with Crippen LogP contribution < -0.4 is 5.56 Å². The van der Waals surface area contributed by atoms with Gasteiger partial charge in [0.15, 0.2) is 0 Å². The molecule has 3 aromatic heterocycles. The first-order valence-corrected chi connectivity index (χ1v) is 9.81. The smallest absolute Gasteiger partial charge is 0.261 e. The molecule has 0 radical (unpaired) electrons. The topological polar surface area (TPSA) is 84.1 Å². The summed E-state index contributed by atoms with van der Waals surface area (Å²) in [5.74, 6) is 0. The van der Waals surface area contributed by atoms with Gasteiger partial charge in [-0.25, -0.2) is 9.97 Å². The fourth-order valence-corrected chi connectivity index (χ4v) is 3.60. The third-order valence-electron chi connectivity index (χ3n) is 5.36. The van der Waals surface area contributed by atoms with Gasteiger partial charge >= 0.3 is 0 Å². The maximum Gasteiger partial charge on any atom is 0.261 e. The number of pyridine rings is 2. The van der Waals surface area contributed by atoms with E-state index in [4.69, 9.17) is 4.98 Å². The average Bonchev–Trinajstić information content (AvgIpc) is 2.73. The lowest BCUT2D eigenvalue weighted by Crippen LogP contribution is -2.27. The van der Waals surface area contributed by atoms with Gasteiger partial charge < -0.3 is 10.0 Å². The van der Waals surface area contributed by atoms with Gasteiger partial charge in [0.2, 0.25) is 0 Å². The standard InChI is InChI=1S/C22H25N5O2/c1-14-6-7-16(10-23-14)19-9-18-21(24-13-27(22(18)29)15(2)12-28)20(25-19)17-5-4-8-26(3)11-17/h5-7,9-10,13,15,28H,4,8,11-12H2,1-3H3/t15-/m0/s1. The lowest BCUT2D eigenvalue weighted by Gasteiger charge is -2.23. The predicted molar refractivity (Wildman–Crippen MR) is 114 cm³/mol. The van der Waals surface area contributed by atoms with Crippen LogP contribution >= 0.6 is 0 Å². The van der Waals surface area contributed by atoms with Gasteiger partial charge in [-0.05, 0) is 51.1 Å². The van der Waals surface area contributed by atoms with E-state index in [1.807, 2.05) is 19.1 Å². The van der Waals surface area contributed by atoms with Crippen LogP contribution in [0, 0.1) is 6.92 Å². The summed E-state index contributed by atoms with van der Waals surface area (Å²) in [6.07, 6.45) is 6.41. The zero-order chi connectivity index (χ0) is 20.5. The summed E-state index contributed by atoms with van der Waals surface area (Å²) in [5, 5.41) is 10.0. The zero-order valence-electron chi connectivity index (χ0n) is 17.0. The van der Waals surface area contributed by atoms with Gasteiger partial charge in [0.05, 0.1) is 35.8 Å². The molecule has 1 N–H and O–H groups in total. The number of aromatic nitrogens is 4. The van der Waals surface area contributed by atoms with E-state index in [9.17, 15) is 9.90 Å². The summed E-state index contributed by atoms with van der Waals surface area (Å²) in [4.78, 5) is 29.3. The Balaban J connectivity index is 1.99. The van der Waals surface area contributed by atoms with Crippen LogP contribution in [0.1, 0.15) is 30.8 Å². The first-order chi connectivity index (χ1) is 14.0. The number of aryl methyl sites for hydroxylation is 1. The number of aliphatic hydroxyl groups is 1. The maximum atomic E-state index is 13.2. The molecule has 0 saturated carbocycles. The van der Waals surface area contributed by atoms with Crippen LogP contribution in [-0.4, -0.2) is 56.3 Å². The molecule has 0 spiro atoms. The van der Waals surface area contributed by atoms with Gasteiger partial charge in [-0.1, -0.05) is 6.08 Å². The average molecular weight is 391 g/mol. The van der Waals surface area contributed by atoms with Crippen LogP contribution in [0.15, 0.2) is 41.6 Å². The molecule has 4 rings (SSSR count). The van der Waals surface area contributed by atoms with Crippen molar-refractivity contribution in [3.05, 3.63) is 58.5 Å². The Kier molecular flexibility index (Phi) is 5.25. The van der Waals surface area contributed by atoms with Crippen LogP contribution in [0.2, 0.25) is 0 Å². The third kappa shape index (κ3) is 3.71. The second-order valence-corrected chi connectivity index (χ2v) is 7.68. The first kappa shape index (κ1) is 19.4. The second kappa shape index (κ2) is 7.85. The molecule has 0 unspecified atom stereocenters. The molecule has 4 heterocycles. The molecule has 1 atom stereocenters. The number of fused-ring (bicyclic) bond motifs is 1. The molecule has 1 aliphatic rings. The Bertz CT molecular complexity index is 1130. The molecular weight excluding hydrogens is 366 g/mol. The molecule has 7 heteroatoms. The highest BCUT2D eigenvalue weighted by atomic mass is 16.3. The second-order valence-electron chi connectivity index (χ2n) is 7.68. The van der Waals surface area contributed by atoms with E-state index in [1.165, 1.54) is 10.9 Å². The molecule has 0 aliphatic carbocycles. The quantitative estimate of drug-likeness (QED) is 0.735. The van der Waals surface area contributed by atoms with Crippen molar-refractivity contribution in [1.29, 1.82) is 0 Å². The number of hydrogen-bond donors (Lipinski definition) is 1. The van der Waals surface area contributed by atoms with E-state index < -0.39 is 0 Å². The molecule has 0 aromatic carbocycles. The molecule has 0 amide bonds. The van der Waals surface area contributed by atoms with Crippen LogP contribution in [0.5, 0.6) is 0 Å². The monoisotopic (exact) mass is 391 g/mol. The summed E-state index contributed by atoms with van der Waals surface area (Å²) in [6, 6.07) is 5.34. The molecule has 150 valence electrons. The van der Waals surface area contributed by atoms with Crippen molar-refractivity contribution in [3.63, 3.8) is 0 Å². The van der Waals surface area contributed by atoms with E-state index in [-0.39, 0.29) is 18.2 Å². The highest BCUT2D eigenvalue weighted by Crippen LogP contribution is 2.28. The summed E-state index contributed by atoms with van der Waals surface area (Å²) in [6.45, 7) is 5.35. The Morgan fingerprint density at radius 1 is 1.28 bits per heavy atom. The summed E-state index contributed by atoms with van der Waals surface area (Å²) in [7, 11) is 2.08.